The van der Waals surface area contributed by atoms with Crippen molar-refractivity contribution in [2.24, 2.45) is 0 Å². The highest BCUT2D eigenvalue weighted by atomic mass is 35.5. The minimum Gasteiger partial charge on any atom is -0.495 e. The summed E-state index contributed by atoms with van der Waals surface area (Å²) in [6.07, 6.45) is 0. The van der Waals surface area contributed by atoms with E-state index in [1.807, 2.05) is 0 Å². The summed E-state index contributed by atoms with van der Waals surface area (Å²) in [5.74, 6) is 0.414. The van der Waals surface area contributed by atoms with Gasteiger partial charge in [-0.3, -0.25) is 4.72 Å². The number of nitrogens with two attached hydrogens (primary N) is 1. The molecule has 0 unspecified atom stereocenters. The molecule has 0 radical (unpaired) electrons. The first-order valence-electron chi connectivity index (χ1n) is 6.06. The Kier molecular flexibility index (Phi) is 4.29. The number of nitrogens with one attached hydrogen (secondary N) is 1. The van der Waals surface area contributed by atoms with Crippen molar-refractivity contribution in [3.05, 3.63) is 47.0 Å². The molecule has 112 valence electrons. The van der Waals surface area contributed by atoms with Crippen LogP contribution in [0.1, 0.15) is 5.56 Å². The highest BCUT2D eigenvalue weighted by Crippen LogP contribution is 2.31. The van der Waals surface area contributed by atoms with Crippen molar-refractivity contribution in [3.63, 3.8) is 0 Å². The number of benzene rings is 2. The molecule has 7 heteroatoms. The zero-order valence-corrected chi connectivity index (χ0v) is 13.1. The largest absolute Gasteiger partial charge is 0.495 e. The van der Waals surface area contributed by atoms with E-state index >= 15 is 0 Å². The van der Waals surface area contributed by atoms with Gasteiger partial charge in [0.15, 0.2) is 0 Å². The maximum Gasteiger partial charge on any atom is 0.263 e. The lowest BCUT2D eigenvalue weighted by Crippen LogP contribution is -2.14. The molecule has 2 aromatic rings. The SMILES string of the molecule is COc1ccccc1NS(=O)(=O)c1cc(N)c(C)cc1Cl. The number of ether oxygens (including phenoxy) is 1. The lowest BCUT2D eigenvalue weighted by atomic mass is 10.2. The van der Waals surface area contributed by atoms with E-state index in [4.69, 9.17) is 22.1 Å². The van der Waals surface area contributed by atoms with E-state index in [2.05, 4.69) is 4.72 Å². The summed E-state index contributed by atoms with van der Waals surface area (Å²) >= 11 is 6.02. The van der Waals surface area contributed by atoms with Gasteiger partial charge in [0.1, 0.15) is 10.6 Å². The number of hydrogen-bond acceptors (Lipinski definition) is 4. The van der Waals surface area contributed by atoms with Crippen molar-refractivity contribution in [2.45, 2.75) is 11.8 Å². The molecule has 0 aromatic heterocycles. The van der Waals surface area contributed by atoms with Crippen molar-refractivity contribution in [1.82, 2.24) is 0 Å². The van der Waals surface area contributed by atoms with Crippen LogP contribution in [0, 0.1) is 6.92 Å². The molecule has 0 fully saturated rings. The molecule has 0 spiro atoms. The summed E-state index contributed by atoms with van der Waals surface area (Å²) in [7, 11) is -2.40. The van der Waals surface area contributed by atoms with Crippen LogP contribution in [-0.2, 0) is 10.0 Å². The second kappa shape index (κ2) is 5.83. The third-order valence-corrected chi connectivity index (χ3v) is 4.79. The number of para-hydroxylation sites is 2. The Labute approximate surface area is 128 Å². The molecule has 0 aliphatic heterocycles. The van der Waals surface area contributed by atoms with Gasteiger partial charge in [0.25, 0.3) is 10.0 Å². The molecule has 5 nitrogen and oxygen atoms in total. The van der Waals surface area contributed by atoms with Gasteiger partial charge in [-0.15, -0.1) is 0 Å². The van der Waals surface area contributed by atoms with Gasteiger partial charge < -0.3 is 10.5 Å². The van der Waals surface area contributed by atoms with Crippen molar-refractivity contribution in [3.8, 4) is 5.75 Å². The molecule has 0 saturated carbocycles. The van der Waals surface area contributed by atoms with Crippen molar-refractivity contribution >= 4 is 33.0 Å². The maximum absolute atomic E-state index is 12.4. The molecule has 3 N–H and O–H groups in total. The highest BCUT2D eigenvalue weighted by molar-refractivity contribution is 7.92. The second-order valence-electron chi connectivity index (χ2n) is 4.45. The van der Waals surface area contributed by atoms with Crippen molar-refractivity contribution in [2.75, 3.05) is 17.6 Å². The van der Waals surface area contributed by atoms with Gasteiger partial charge in [-0.05, 0) is 36.8 Å². The standard InChI is InChI=1S/C14H15ClN2O3S/c1-9-7-10(15)14(8-11(9)16)21(18,19)17-12-5-3-4-6-13(12)20-2/h3-8,17H,16H2,1-2H3. The summed E-state index contributed by atoms with van der Waals surface area (Å²) < 4.78 is 32.5. The van der Waals surface area contributed by atoms with Gasteiger partial charge in [0, 0.05) is 5.69 Å². The fraction of sp³-hybridized carbons (Fsp3) is 0.143. The molecule has 0 amide bonds. The molecule has 0 bridgehead atoms. The number of anilines is 2. The van der Waals surface area contributed by atoms with Crippen LogP contribution < -0.4 is 15.2 Å². The van der Waals surface area contributed by atoms with Crippen LogP contribution in [0.25, 0.3) is 0 Å². The van der Waals surface area contributed by atoms with Gasteiger partial charge in [0.05, 0.1) is 17.8 Å². The molecule has 0 atom stereocenters. The van der Waals surface area contributed by atoms with Gasteiger partial charge in [0.2, 0.25) is 0 Å². The smallest absolute Gasteiger partial charge is 0.263 e. The summed E-state index contributed by atoms with van der Waals surface area (Å²) in [5.41, 5.74) is 7.17. The summed E-state index contributed by atoms with van der Waals surface area (Å²) in [5, 5.41) is 0.115. The van der Waals surface area contributed by atoms with E-state index in [9.17, 15) is 8.42 Å². The Hall–Kier alpha value is -1.92. The van der Waals surface area contributed by atoms with Crippen LogP contribution in [-0.4, -0.2) is 15.5 Å². The quantitative estimate of drug-likeness (QED) is 0.846. The first-order valence-corrected chi connectivity index (χ1v) is 7.92. The van der Waals surface area contributed by atoms with Crippen LogP contribution in [0.2, 0.25) is 5.02 Å². The number of sulfonamides is 1. The molecule has 0 aliphatic carbocycles. The van der Waals surface area contributed by atoms with Crippen LogP contribution in [0.5, 0.6) is 5.75 Å². The molecule has 0 saturated heterocycles. The number of rotatable bonds is 4. The number of nitrogen functional groups attached to an aromatic ring is 1. The van der Waals surface area contributed by atoms with E-state index in [-0.39, 0.29) is 9.92 Å². The first kappa shape index (κ1) is 15.5. The fourth-order valence-corrected chi connectivity index (χ4v) is 3.49. The van der Waals surface area contributed by atoms with E-state index < -0.39 is 10.0 Å². The van der Waals surface area contributed by atoms with E-state index in [1.54, 1.807) is 31.2 Å². The normalized spacial score (nSPS) is 11.2. The molecular formula is C14H15ClN2O3S. The van der Waals surface area contributed by atoms with Crippen molar-refractivity contribution < 1.29 is 13.2 Å². The summed E-state index contributed by atoms with van der Waals surface area (Å²) in [6.45, 7) is 1.76. The topological polar surface area (TPSA) is 81.4 Å². The molecule has 0 heterocycles. The monoisotopic (exact) mass is 326 g/mol. The lowest BCUT2D eigenvalue weighted by Gasteiger charge is -2.13. The number of methoxy groups -OCH3 is 1. The average molecular weight is 327 g/mol. The van der Waals surface area contributed by atoms with Crippen LogP contribution >= 0.6 is 11.6 Å². The lowest BCUT2D eigenvalue weighted by molar-refractivity contribution is 0.417. The predicted octanol–water partition coefficient (Wildman–Crippen LogP) is 3.04. The highest BCUT2D eigenvalue weighted by Gasteiger charge is 2.20. The van der Waals surface area contributed by atoms with Gasteiger partial charge in [-0.2, -0.15) is 0 Å². The predicted molar refractivity (Wildman–Crippen MR) is 84.4 cm³/mol. The van der Waals surface area contributed by atoms with Gasteiger partial charge in [-0.25, -0.2) is 8.42 Å². The third-order valence-electron chi connectivity index (χ3n) is 2.96. The number of aryl methyl sites for hydroxylation is 1. The Morgan fingerprint density at radius 3 is 2.57 bits per heavy atom. The van der Waals surface area contributed by atoms with Crippen molar-refractivity contribution in [1.29, 1.82) is 0 Å². The zero-order chi connectivity index (χ0) is 15.6. The van der Waals surface area contributed by atoms with E-state index in [0.717, 1.165) is 5.56 Å². The number of hydrogen-bond donors (Lipinski definition) is 2. The Morgan fingerprint density at radius 1 is 1.24 bits per heavy atom. The molecule has 2 aromatic carbocycles. The Bertz CT molecular complexity index is 776. The average Bonchev–Trinajstić information content (AvgIpc) is 2.43. The van der Waals surface area contributed by atoms with Crippen LogP contribution in [0.15, 0.2) is 41.3 Å². The Morgan fingerprint density at radius 2 is 1.90 bits per heavy atom. The second-order valence-corrected chi connectivity index (χ2v) is 6.50. The van der Waals surface area contributed by atoms with Gasteiger partial charge in [-0.1, -0.05) is 23.7 Å². The third kappa shape index (κ3) is 3.22. The van der Waals surface area contributed by atoms with E-state index in [0.29, 0.717) is 17.1 Å². The number of halogens is 1. The molecule has 21 heavy (non-hydrogen) atoms. The minimum atomic E-state index is -3.86. The fourth-order valence-electron chi connectivity index (χ4n) is 1.80. The summed E-state index contributed by atoms with van der Waals surface area (Å²) in [6, 6.07) is 9.56. The van der Waals surface area contributed by atoms with Gasteiger partial charge >= 0.3 is 0 Å². The Balaban J connectivity index is 2.46. The minimum absolute atomic E-state index is 0.0711. The van der Waals surface area contributed by atoms with Crippen LogP contribution in [0.4, 0.5) is 11.4 Å². The maximum atomic E-state index is 12.4. The van der Waals surface area contributed by atoms with E-state index in [1.165, 1.54) is 19.2 Å². The molecule has 0 aliphatic rings. The first-order chi connectivity index (χ1) is 9.85. The zero-order valence-electron chi connectivity index (χ0n) is 11.6. The van der Waals surface area contributed by atoms with Crippen LogP contribution in [0.3, 0.4) is 0 Å². The molecule has 2 rings (SSSR count). The molecular weight excluding hydrogens is 312 g/mol. The summed E-state index contributed by atoms with van der Waals surface area (Å²) in [4.78, 5) is -0.0711.